The molecule has 0 aromatic carbocycles. The van der Waals surface area contributed by atoms with Crippen LogP contribution in [-0.4, -0.2) is 14.7 Å². The van der Waals surface area contributed by atoms with Crippen molar-refractivity contribution < 1.29 is 23.8 Å². The highest BCUT2D eigenvalue weighted by Crippen LogP contribution is 2.54. The summed E-state index contributed by atoms with van der Waals surface area (Å²) in [5.41, 5.74) is 0. The lowest BCUT2D eigenvalue weighted by atomic mass is 11.3. The quantitative estimate of drug-likeness (QED) is 0.521. The van der Waals surface area contributed by atoms with Crippen molar-refractivity contribution in [3.8, 4) is 0 Å². The first kappa shape index (κ1) is 8.95. The molecule has 0 heterocycles. The summed E-state index contributed by atoms with van der Waals surface area (Å²) in [6.45, 7) is 2.73. The fourth-order valence-electron chi connectivity index (χ4n) is 0.111. The van der Waals surface area contributed by atoms with E-state index < -0.39 is 20.7 Å². The topological polar surface area (TPSA) is 94.8 Å². The minimum absolute atomic E-state index is 0.933. The molecule has 0 saturated heterocycles. The molecule has 52 valence electrons. The molecule has 0 radical (unpaired) electrons. The molecule has 7 heteroatoms. The molecule has 3 N–H and O–H groups in total. The highest BCUT2D eigenvalue weighted by Gasteiger charge is 2.35. The SMILES string of the molecule is C=C([P+](=O)O)P(=O)(O)O. The third kappa shape index (κ3) is 2.84. The molecule has 5 nitrogen and oxygen atoms in total. The summed E-state index contributed by atoms with van der Waals surface area (Å²) in [6.07, 6.45) is 0. The van der Waals surface area contributed by atoms with E-state index in [9.17, 15) is 9.13 Å². The van der Waals surface area contributed by atoms with Crippen molar-refractivity contribution in [2.45, 2.75) is 0 Å². The fourth-order valence-corrected chi connectivity index (χ4v) is 1.00. The van der Waals surface area contributed by atoms with Gasteiger partial charge < -0.3 is 9.79 Å². The van der Waals surface area contributed by atoms with Gasteiger partial charge in [-0.05, 0) is 11.1 Å². The van der Waals surface area contributed by atoms with Crippen LogP contribution in [0.4, 0.5) is 0 Å². The molecule has 0 rings (SSSR count). The Morgan fingerprint density at radius 1 is 1.56 bits per heavy atom. The maximum Gasteiger partial charge on any atom is 0.554 e. The molecule has 0 aliphatic heterocycles. The predicted octanol–water partition coefficient (Wildman–Crippen LogP) is 0.370. The Morgan fingerprint density at radius 3 is 1.89 bits per heavy atom. The molecule has 0 saturated carbocycles. The van der Waals surface area contributed by atoms with Gasteiger partial charge in [-0.3, -0.25) is 4.57 Å². The Hall–Kier alpha value is -0.0500. The van der Waals surface area contributed by atoms with Crippen molar-refractivity contribution >= 4 is 15.6 Å². The van der Waals surface area contributed by atoms with E-state index in [4.69, 9.17) is 14.7 Å². The normalized spacial score (nSPS) is 13.0. The van der Waals surface area contributed by atoms with E-state index >= 15 is 0 Å². The van der Waals surface area contributed by atoms with E-state index in [0.29, 0.717) is 0 Å². The van der Waals surface area contributed by atoms with Crippen molar-refractivity contribution in [3.63, 3.8) is 0 Å². The first-order valence-electron chi connectivity index (χ1n) is 1.77. The standard InChI is InChI=1S/C2H4O5P2/c1-2(8(3)4)9(5,6)7/h1H2,(H2-,3,4,5,6,7)/p+1. The van der Waals surface area contributed by atoms with Gasteiger partial charge in [0.15, 0.2) is 0 Å². The second-order valence-electron chi connectivity index (χ2n) is 1.23. The third-order valence-corrected chi connectivity index (χ3v) is 2.97. The van der Waals surface area contributed by atoms with Crippen LogP contribution in [0.25, 0.3) is 0 Å². The van der Waals surface area contributed by atoms with Crippen LogP contribution in [0.2, 0.25) is 0 Å². The van der Waals surface area contributed by atoms with Gasteiger partial charge in [-0.25, -0.2) is 0 Å². The Labute approximate surface area is 52.1 Å². The van der Waals surface area contributed by atoms with Crippen LogP contribution in [0, 0.1) is 0 Å². The maximum atomic E-state index is 10.0. The van der Waals surface area contributed by atoms with Crippen molar-refractivity contribution in [1.29, 1.82) is 0 Å². The molecular formula is C2H5O5P2+. The van der Waals surface area contributed by atoms with E-state index in [1.807, 2.05) is 0 Å². The molecule has 9 heavy (non-hydrogen) atoms. The van der Waals surface area contributed by atoms with Crippen molar-refractivity contribution in [3.05, 3.63) is 11.6 Å². The average Bonchev–Trinajstić information content (AvgIpc) is 1.62. The van der Waals surface area contributed by atoms with Gasteiger partial charge in [0.2, 0.25) is 0 Å². The molecule has 1 atom stereocenters. The Kier molecular flexibility index (Phi) is 2.67. The molecule has 1 unspecified atom stereocenters. The van der Waals surface area contributed by atoms with Gasteiger partial charge in [0.25, 0.3) is 0 Å². The summed E-state index contributed by atoms with van der Waals surface area (Å²) in [5.74, 6) is 0. The Balaban J connectivity index is 4.43. The molecular weight excluding hydrogens is 166 g/mol. The minimum Gasteiger partial charge on any atom is -0.318 e. The summed E-state index contributed by atoms with van der Waals surface area (Å²) >= 11 is 0. The highest BCUT2D eigenvalue weighted by molar-refractivity contribution is 7.71. The van der Waals surface area contributed by atoms with E-state index in [1.54, 1.807) is 0 Å². The lowest BCUT2D eigenvalue weighted by Crippen LogP contribution is -1.76. The van der Waals surface area contributed by atoms with E-state index in [0.717, 1.165) is 0 Å². The lowest BCUT2D eigenvalue weighted by Gasteiger charge is -1.91. The number of hydrogen-bond acceptors (Lipinski definition) is 2. The summed E-state index contributed by atoms with van der Waals surface area (Å²) in [4.78, 5) is 24.3. The van der Waals surface area contributed by atoms with Gasteiger partial charge >= 0.3 is 20.7 Å². The van der Waals surface area contributed by atoms with Gasteiger partial charge in [-0.1, -0.05) is 0 Å². The van der Waals surface area contributed by atoms with Gasteiger partial charge in [-0.2, -0.15) is 4.89 Å². The smallest absolute Gasteiger partial charge is 0.318 e. The predicted molar refractivity (Wildman–Crippen MR) is 31.0 cm³/mol. The molecule has 0 fully saturated rings. The first-order valence-corrected chi connectivity index (χ1v) is 4.59. The largest absolute Gasteiger partial charge is 0.554 e. The van der Waals surface area contributed by atoms with Crippen molar-refractivity contribution in [1.82, 2.24) is 0 Å². The molecule has 0 spiro atoms. The van der Waals surface area contributed by atoms with Crippen molar-refractivity contribution in [2.24, 2.45) is 0 Å². The molecule has 0 amide bonds. The molecule has 0 bridgehead atoms. The van der Waals surface area contributed by atoms with Gasteiger partial charge in [0.1, 0.15) is 0 Å². The Bertz CT molecular complexity index is 189. The second kappa shape index (κ2) is 2.69. The fraction of sp³-hybridized carbons (Fsp3) is 0. The van der Waals surface area contributed by atoms with Crippen LogP contribution < -0.4 is 0 Å². The van der Waals surface area contributed by atoms with Gasteiger partial charge in [0, 0.05) is 0 Å². The zero-order valence-corrected chi connectivity index (χ0v) is 6.05. The summed E-state index contributed by atoms with van der Waals surface area (Å²) in [5, 5.41) is -0.933. The van der Waals surface area contributed by atoms with E-state index in [2.05, 4.69) is 6.58 Å². The summed E-state index contributed by atoms with van der Waals surface area (Å²) in [6, 6.07) is 0. The number of rotatable bonds is 2. The Morgan fingerprint density at radius 2 is 1.89 bits per heavy atom. The molecule has 0 aliphatic carbocycles. The van der Waals surface area contributed by atoms with Crippen LogP contribution in [0.1, 0.15) is 0 Å². The van der Waals surface area contributed by atoms with Crippen LogP contribution in [0.5, 0.6) is 0 Å². The molecule has 0 aliphatic rings. The lowest BCUT2D eigenvalue weighted by molar-refractivity contribution is 0.383. The molecule has 0 aromatic rings. The van der Waals surface area contributed by atoms with E-state index in [-0.39, 0.29) is 0 Å². The maximum absolute atomic E-state index is 10.0. The van der Waals surface area contributed by atoms with Gasteiger partial charge in [-0.15, -0.1) is 0 Å². The van der Waals surface area contributed by atoms with Crippen LogP contribution in [0.3, 0.4) is 0 Å². The zero-order valence-electron chi connectivity index (χ0n) is 4.26. The number of hydrogen-bond donors (Lipinski definition) is 3. The average molecular weight is 171 g/mol. The molecule has 0 aromatic heterocycles. The van der Waals surface area contributed by atoms with Gasteiger partial charge in [0.05, 0.1) is 0 Å². The second-order valence-corrected chi connectivity index (χ2v) is 4.30. The highest BCUT2D eigenvalue weighted by atomic mass is 31.2. The van der Waals surface area contributed by atoms with E-state index in [1.165, 1.54) is 0 Å². The van der Waals surface area contributed by atoms with Crippen LogP contribution >= 0.6 is 15.6 Å². The van der Waals surface area contributed by atoms with Crippen molar-refractivity contribution in [2.75, 3.05) is 0 Å². The van der Waals surface area contributed by atoms with Crippen LogP contribution in [0.15, 0.2) is 11.6 Å². The summed E-state index contributed by atoms with van der Waals surface area (Å²) in [7, 11) is -7.50. The zero-order chi connectivity index (χ0) is 7.65. The minimum atomic E-state index is -4.54. The van der Waals surface area contributed by atoms with Crippen LogP contribution in [-0.2, 0) is 9.13 Å². The third-order valence-electron chi connectivity index (χ3n) is 0.557. The first-order chi connectivity index (χ1) is 3.85. The monoisotopic (exact) mass is 171 g/mol. The summed E-state index contributed by atoms with van der Waals surface area (Å²) < 4.78 is 19.9.